The van der Waals surface area contributed by atoms with Crippen LogP contribution in [0.4, 0.5) is 23.2 Å². The average molecular weight is 612 g/mol. The zero-order chi connectivity index (χ0) is 30.4. The van der Waals surface area contributed by atoms with Crippen molar-refractivity contribution in [1.82, 2.24) is 28.9 Å². The van der Waals surface area contributed by atoms with Crippen LogP contribution in [0.15, 0.2) is 46.2 Å². The second kappa shape index (κ2) is 9.33. The van der Waals surface area contributed by atoms with Gasteiger partial charge in [-0.15, -0.1) is 0 Å². The molecular weight excluding hydrogens is 594 g/mol. The highest BCUT2D eigenvalue weighted by Gasteiger charge is 2.57. The van der Waals surface area contributed by atoms with E-state index < -0.39 is 58.4 Å². The monoisotopic (exact) mass is 611 g/mol. The fraction of sp³-hybridized carbons (Fsp3) is 0.214. The molecule has 15 heteroatoms. The third-order valence-corrected chi connectivity index (χ3v) is 8.04. The van der Waals surface area contributed by atoms with Gasteiger partial charge in [-0.3, -0.25) is 23.4 Å². The molecule has 3 aromatic heterocycles. The molecule has 43 heavy (non-hydrogen) atoms. The summed E-state index contributed by atoms with van der Waals surface area (Å²) in [7, 11) is 1.58. The van der Waals surface area contributed by atoms with Crippen molar-refractivity contribution in [2.75, 3.05) is 5.32 Å². The van der Waals surface area contributed by atoms with Crippen LogP contribution in [0.2, 0.25) is 5.02 Å². The van der Waals surface area contributed by atoms with E-state index in [4.69, 9.17) is 11.6 Å². The molecule has 1 fully saturated rings. The van der Waals surface area contributed by atoms with Crippen LogP contribution < -0.4 is 16.6 Å². The number of halogens is 5. The molecule has 0 atom stereocenters. The smallest absolute Gasteiger partial charge is 0.324 e. The normalized spacial score (nSPS) is 14.9. The summed E-state index contributed by atoms with van der Waals surface area (Å²) in [5.74, 6) is -5.83. The highest BCUT2D eigenvalue weighted by molar-refractivity contribution is 6.33. The molecule has 1 aliphatic carbocycles. The van der Waals surface area contributed by atoms with Gasteiger partial charge in [0.1, 0.15) is 12.1 Å². The maximum absolute atomic E-state index is 15.9. The number of aromatic nitrogens is 6. The van der Waals surface area contributed by atoms with Gasteiger partial charge in [-0.2, -0.15) is 5.10 Å². The standard InChI is InChI=1S/C28H18ClF4N7O3/c1-38-11-34-20(37-38)10-40-25(41)21-15(30)6-13(23-14(29)8-18-24(36-23)28(2-3-28)26(42)35-18)7-19(21)39(27(40)43)9-12-4-16(31)22(33)17(32)5-12/h4-8,11H,2-3,9-10H2,1H3,(H,35,42). The predicted octanol–water partition coefficient (Wildman–Crippen LogP) is 3.64. The molecule has 218 valence electrons. The fourth-order valence-electron chi connectivity index (χ4n) is 5.49. The van der Waals surface area contributed by atoms with Crippen molar-refractivity contribution in [1.29, 1.82) is 0 Å². The summed E-state index contributed by atoms with van der Waals surface area (Å²) in [6.07, 6.45) is 2.51. The molecule has 2 aromatic carbocycles. The van der Waals surface area contributed by atoms with E-state index in [9.17, 15) is 27.6 Å². The molecule has 1 N–H and O–H groups in total. The lowest BCUT2D eigenvalue weighted by atomic mass is 10.0. The average Bonchev–Trinajstić information content (AvgIpc) is 3.59. The number of amides is 1. The molecule has 1 saturated carbocycles. The topological polar surface area (TPSA) is 117 Å². The van der Waals surface area contributed by atoms with E-state index in [1.54, 1.807) is 7.05 Å². The molecule has 0 bridgehead atoms. The van der Waals surface area contributed by atoms with E-state index in [0.717, 1.165) is 10.6 Å². The van der Waals surface area contributed by atoms with Crippen molar-refractivity contribution < 1.29 is 22.4 Å². The van der Waals surface area contributed by atoms with E-state index in [-0.39, 0.29) is 39.1 Å². The molecule has 7 rings (SSSR count). The number of rotatable bonds is 5. The lowest BCUT2D eigenvalue weighted by Crippen LogP contribution is -2.41. The molecule has 0 saturated heterocycles. The minimum Gasteiger partial charge on any atom is -0.324 e. The molecule has 1 aliphatic heterocycles. The van der Waals surface area contributed by atoms with E-state index in [2.05, 4.69) is 20.4 Å². The molecule has 4 heterocycles. The van der Waals surface area contributed by atoms with Crippen molar-refractivity contribution in [3.63, 3.8) is 0 Å². The van der Waals surface area contributed by atoms with E-state index in [1.165, 1.54) is 23.1 Å². The quantitative estimate of drug-likeness (QED) is 0.240. The molecule has 10 nitrogen and oxygen atoms in total. The van der Waals surface area contributed by atoms with E-state index >= 15 is 4.39 Å². The van der Waals surface area contributed by atoms with Crippen molar-refractivity contribution in [3.8, 4) is 11.3 Å². The molecular formula is C28H18ClF4N7O3. The van der Waals surface area contributed by atoms with Crippen LogP contribution in [0.25, 0.3) is 22.2 Å². The van der Waals surface area contributed by atoms with Crippen LogP contribution in [0.1, 0.15) is 29.9 Å². The Hall–Kier alpha value is -4.85. The summed E-state index contributed by atoms with van der Waals surface area (Å²) >= 11 is 6.50. The van der Waals surface area contributed by atoms with Crippen LogP contribution in [0, 0.1) is 23.3 Å². The Balaban J connectivity index is 1.46. The van der Waals surface area contributed by atoms with Crippen molar-refractivity contribution >= 4 is 34.1 Å². The Morgan fingerprint density at radius 3 is 2.33 bits per heavy atom. The Kier molecular flexibility index (Phi) is 5.86. The zero-order valence-electron chi connectivity index (χ0n) is 22.1. The van der Waals surface area contributed by atoms with E-state index in [1.807, 2.05) is 0 Å². The lowest BCUT2D eigenvalue weighted by molar-refractivity contribution is -0.117. The molecule has 1 spiro atoms. The van der Waals surface area contributed by atoms with Gasteiger partial charge in [0, 0.05) is 12.6 Å². The molecule has 0 radical (unpaired) electrons. The zero-order valence-corrected chi connectivity index (χ0v) is 22.8. The first-order valence-electron chi connectivity index (χ1n) is 12.9. The lowest BCUT2D eigenvalue weighted by Gasteiger charge is -2.16. The van der Waals surface area contributed by atoms with Gasteiger partial charge in [0.2, 0.25) is 5.91 Å². The maximum Gasteiger partial charge on any atom is 0.332 e. The summed E-state index contributed by atoms with van der Waals surface area (Å²) in [6.45, 7) is -0.988. The minimum absolute atomic E-state index is 0.0710. The van der Waals surface area contributed by atoms with Gasteiger partial charge in [0.05, 0.1) is 51.5 Å². The van der Waals surface area contributed by atoms with Crippen LogP contribution in [-0.4, -0.2) is 34.8 Å². The Bertz CT molecular complexity index is 2150. The van der Waals surface area contributed by atoms with Crippen molar-refractivity contribution in [2.24, 2.45) is 7.05 Å². The summed E-state index contributed by atoms with van der Waals surface area (Å²) in [6, 6.07) is 5.24. The number of carbonyl (C=O) groups is 1. The van der Waals surface area contributed by atoms with Gasteiger partial charge in [0.25, 0.3) is 5.56 Å². The summed E-state index contributed by atoms with van der Waals surface area (Å²) < 4.78 is 60.8. The highest BCUT2D eigenvalue weighted by atomic mass is 35.5. The Morgan fingerprint density at radius 2 is 1.67 bits per heavy atom. The van der Waals surface area contributed by atoms with Gasteiger partial charge in [-0.25, -0.2) is 32.3 Å². The van der Waals surface area contributed by atoms with E-state index in [0.29, 0.717) is 40.9 Å². The summed E-state index contributed by atoms with van der Waals surface area (Å²) in [5, 5.41) is 6.38. The van der Waals surface area contributed by atoms with Crippen LogP contribution in [0.5, 0.6) is 0 Å². The Labute approximate surface area is 243 Å². The second-order valence-electron chi connectivity index (χ2n) is 10.6. The summed E-state index contributed by atoms with van der Waals surface area (Å²) in [5.41, 5.74) is -2.04. The number of hydrogen-bond donors (Lipinski definition) is 1. The fourth-order valence-corrected chi connectivity index (χ4v) is 5.75. The van der Waals surface area contributed by atoms with Gasteiger partial charge in [-0.05, 0) is 48.7 Å². The van der Waals surface area contributed by atoms with Crippen LogP contribution in [0.3, 0.4) is 0 Å². The predicted molar refractivity (Wildman–Crippen MR) is 146 cm³/mol. The molecule has 1 amide bonds. The largest absolute Gasteiger partial charge is 0.332 e. The first-order valence-corrected chi connectivity index (χ1v) is 13.3. The van der Waals surface area contributed by atoms with Gasteiger partial charge >= 0.3 is 5.69 Å². The first kappa shape index (κ1) is 27.0. The van der Waals surface area contributed by atoms with Gasteiger partial charge < -0.3 is 5.32 Å². The third kappa shape index (κ3) is 4.15. The number of nitrogens with one attached hydrogen (secondary N) is 1. The first-order chi connectivity index (χ1) is 20.5. The van der Waals surface area contributed by atoms with Crippen LogP contribution in [-0.2, 0) is 30.3 Å². The number of pyridine rings is 1. The third-order valence-electron chi connectivity index (χ3n) is 7.75. The number of carbonyl (C=O) groups excluding carboxylic acids is 1. The number of fused-ring (bicyclic) bond motifs is 3. The molecule has 5 aromatic rings. The SMILES string of the molecule is Cn1cnc(Cn2c(=O)c3c(F)cc(-c4nc5c(cc4Cl)NC(=O)C54CC4)cc3n(Cc3cc(F)c(F)c(F)c3)c2=O)n1. The number of nitrogens with zero attached hydrogens (tertiary/aromatic N) is 6. The molecule has 0 unspecified atom stereocenters. The number of hydrogen-bond acceptors (Lipinski definition) is 6. The number of anilines is 1. The number of aryl methyl sites for hydroxylation is 1. The molecule has 2 aliphatic rings. The van der Waals surface area contributed by atoms with Gasteiger partial charge in [-0.1, -0.05) is 11.6 Å². The van der Waals surface area contributed by atoms with Crippen LogP contribution >= 0.6 is 11.6 Å². The second-order valence-corrected chi connectivity index (χ2v) is 11.0. The summed E-state index contributed by atoms with van der Waals surface area (Å²) in [4.78, 5) is 48.4. The van der Waals surface area contributed by atoms with Crippen molar-refractivity contribution in [3.05, 3.63) is 103 Å². The minimum atomic E-state index is -1.70. The Morgan fingerprint density at radius 1 is 0.953 bits per heavy atom. The highest BCUT2D eigenvalue weighted by Crippen LogP contribution is 2.55. The maximum atomic E-state index is 15.9. The van der Waals surface area contributed by atoms with Crippen molar-refractivity contribution in [2.45, 2.75) is 31.3 Å². The number of benzene rings is 2. The van der Waals surface area contributed by atoms with Gasteiger partial charge in [0.15, 0.2) is 23.3 Å².